The van der Waals surface area contributed by atoms with Gasteiger partial charge in [-0.25, -0.2) is 0 Å². The van der Waals surface area contributed by atoms with Crippen LogP contribution in [-0.4, -0.2) is 20.4 Å². The van der Waals surface area contributed by atoms with Crippen molar-refractivity contribution in [1.29, 1.82) is 0 Å². The van der Waals surface area contributed by atoms with Crippen molar-refractivity contribution >= 4 is 8.81 Å². The van der Waals surface area contributed by atoms with E-state index in [2.05, 4.69) is 4.52 Å². The van der Waals surface area contributed by atoms with Crippen molar-refractivity contribution in [1.82, 2.24) is 0 Å². The van der Waals surface area contributed by atoms with Crippen molar-refractivity contribution in [2.75, 3.05) is 20.4 Å². The normalized spacial score (nSPS) is 15.9. The van der Waals surface area contributed by atoms with Crippen LogP contribution in [0, 0.1) is 5.21 Å². The van der Waals surface area contributed by atoms with E-state index in [4.69, 9.17) is 0 Å². The van der Waals surface area contributed by atoms with Crippen LogP contribution < -0.4 is 5.06 Å². The largest absolute Gasteiger partial charge is 0.634 e. The van der Waals surface area contributed by atoms with Gasteiger partial charge in [0.15, 0.2) is 0 Å². The number of nitrogens with one attached hydrogen (secondary N) is 1. The molecule has 7 heavy (non-hydrogen) atoms. The highest BCUT2D eigenvalue weighted by molar-refractivity contribution is 7.31. The lowest BCUT2D eigenvalue weighted by atomic mass is 11.2. The van der Waals surface area contributed by atoms with E-state index in [1.165, 1.54) is 0 Å². The van der Waals surface area contributed by atoms with Crippen molar-refractivity contribution in [2.45, 2.75) is 0 Å². The average molecular weight is 123 g/mol. The first-order valence-electron chi connectivity index (χ1n) is 2.02. The monoisotopic (exact) mass is 123 g/mol. The minimum Gasteiger partial charge on any atom is -0.634 e. The molecule has 2 atom stereocenters. The summed E-state index contributed by atoms with van der Waals surface area (Å²) in [5.74, 6) is 0. The van der Waals surface area contributed by atoms with Crippen molar-refractivity contribution in [2.24, 2.45) is 0 Å². The van der Waals surface area contributed by atoms with Gasteiger partial charge >= 0.3 is 0 Å². The third-order valence-corrected chi connectivity index (χ3v) is 1.40. The molecule has 0 amide bonds. The van der Waals surface area contributed by atoms with Gasteiger partial charge in [0.2, 0.25) is 0 Å². The van der Waals surface area contributed by atoms with Crippen LogP contribution in [0.1, 0.15) is 0 Å². The van der Waals surface area contributed by atoms with E-state index in [0.29, 0.717) is 15.1 Å². The highest BCUT2D eigenvalue weighted by Crippen LogP contribution is 2.01. The van der Waals surface area contributed by atoms with Crippen LogP contribution >= 0.6 is 8.81 Å². The zero-order valence-corrected chi connectivity index (χ0v) is 5.52. The molecule has 0 bridgehead atoms. The van der Waals surface area contributed by atoms with Gasteiger partial charge in [-0.2, -0.15) is 0 Å². The predicted molar refractivity (Wildman–Crippen MR) is 30.4 cm³/mol. The Kier molecular flexibility index (Phi) is 4.67. The number of rotatable bonds is 3. The lowest BCUT2D eigenvalue weighted by Crippen LogP contribution is -3.02. The highest BCUT2D eigenvalue weighted by atomic mass is 31.1. The van der Waals surface area contributed by atoms with Gasteiger partial charge in [0.05, 0.1) is 15.9 Å². The van der Waals surface area contributed by atoms with Crippen LogP contribution in [0.15, 0.2) is 0 Å². The van der Waals surface area contributed by atoms with Crippen molar-refractivity contribution in [3.63, 3.8) is 0 Å². The van der Waals surface area contributed by atoms with Crippen molar-refractivity contribution in [3.8, 4) is 0 Å². The molecule has 0 aliphatic rings. The molecule has 0 fully saturated rings. The fraction of sp³-hybridized carbons (Fsp3) is 1.00. The molecular weight excluding hydrogens is 113 g/mol. The molecule has 0 aliphatic heterocycles. The maximum Gasteiger partial charge on any atom is 0.117 e. The summed E-state index contributed by atoms with van der Waals surface area (Å²) in [6.07, 6.45) is 0.566. The summed E-state index contributed by atoms with van der Waals surface area (Å²) in [6, 6.07) is 0. The first kappa shape index (κ1) is 7.31. The molecule has 0 aromatic carbocycles. The molecule has 1 N–H and O–H groups in total. The second-order valence-electron chi connectivity index (χ2n) is 1.23. The molecule has 0 aromatic rings. The predicted octanol–water partition coefficient (Wildman–Crippen LogP) is -0.804. The fourth-order valence-corrected chi connectivity index (χ4v) is 0.521. The van der Waals surface area contributed by atoms with Gasteiger partial charge in [-0.1, -0.05) is 0 Å². The third-order valence-electron chi connectivity index (χ3n) is 0.465. The quantitative estimate of drug-likeness (QED) is 0.394. The maximum absolute atomic E-state index is 10.1. The van der Waals surface area contributed by atoms with Gasteiger partial charge in [0.1, 0.15) is 6.29 Å². The third kappa shape index (κ3) is 6.31. The van der Waals surface area contributed by atoms with E-state index < -0.39 is 0 Å². The minimum atomic E-state index is 0.195. The molecule has 44 valence electrons. The summed E-state index contributed by atoms with van der Waals surface area (Å²) in [7, 11) is 3.51. The average Bonchev–Trinajstić information content (AvgIpc) is 1.61. The Bertz CT molecular complexity index is 41.9. The van der Waals surface area contributed by atoms with Crippen LogP contribution in [0.5, 0.6) is 0 Å². The zero-order chi connectivity index (χ0) is 5.70. The molecule has 0 aliphatic carbocycles. The highest BCUT2D eigenvalue weighted by Gasteiger charge is 1.83. The molecule has 2 unspecified atom stereocenters. The van der Waals surface area contributed by atoms with E-state index in [1.807, 2.05) is 0 Å². The van der Waals surface area contributed by atoms with Crippen LogP contribution in [0.3, 0.4) is 0 Å². The first-order valence-corrected chi connectivity index (χ1v) is 3.14. The smallest absolute Gasteiger partial charge is 0.117 e. The van der Waals surface area contributed by atoms with Gasteiger partial charge in [0.25, 0.3) is 0 Å². The molecule has 0 heterocycles. The lowest BCUT2D eigenvalue weighted by molar-refractivity contribution is -0.811. The van der Waals surface area contributed by atoms with Gasteiger partial charge in [-0.3, -0.25) is 0 Å². The van der Waals surface area contributed by atoms with E-state index in [9.17, 15) is 5.21 Å². The summed E-state index contributed by atoms with van der Waals surface area (Å²) >= 11 is 0. The molecule has 0 spiro atoms. The molecule has 0 radical (unpaired) electrons. The second kappa shape index (κ2) is 4.47. The van der Waals surface area contributed by atoms with Gasteiger partial charge < -0.3 is 14.8 Å². The van der Waals surface area contributed by atoms with E-state index >= 15 is 0 Å². The number of quaternary nitrogens is 1. The van der Waals surface area contributed by atoms with Crippen LogP contribution in [0.2, 0.25) is 0 Å². The van der Waals surface area contributed by atoms with Crippen LogP contribution in [0.25, 0.3) is 0 Å². The van der Waals surface area contributed by atoms with E-state index in [-0.39, 0.29) is 5.06 Å². The summed E-state index contributed by atoms with van der Waals surface area (Å²) < 4.78 is 4.66. The van der Waals surface area contributed by atoms with Gasteiger partial charge in [-0.15, -0.1) is 0 Å². The SMILES string of the molecule is COPC[NH+](C)[O-]. The maximum atomic E-state index is 10.1. The molecule has 0 saturated carbocycles. The summed E-state index contributed by atoms with van der Waals surface area (Å²) in [5.41, 5.74) is 0. The Labute approximate surface area is 45.1 Å². The van der Waals surface area contributed by atoms with E-state index in [0.717, 1.165) is 0 Å². The Morgan fingerprint density at radius 1 is 1.86 bits per heavy atom. The topological polar surface area (TPSA) is 36.7 Å². The summed E-state index contributed by atoms with van der Waals surface area (Å²) in [4.78, 5) is 0. The van der Waals surface area contributed by atoms with Crippen molar-refractivity contribution in [3.05, 3.63) is 5.21 Å². The summed E-state index contributed by atoms with van der Waals surface area (Å²) in [5, 5.41) is 10.3. The van der Waals surface area contributed by atoms with Crippen LogP contribution in [0.4, 0.5) is 0 Å². The molecule has 0 saturated heterocycles. The number of hydrogen-bond donors (Lipinski definition) is 1. The fourth-order valence-electron chi connectivity index (χ4n) is 0.174. The standard InChI is InChI=1S/C3H10NO2P/c1-4(5)3-7-6-2/h4,7H,3H2,1-2H3. The Hall–Kier alpha value is 0.310. The molecule has 0 aromatic heterocycles. The number of hydrogen-bond acceptors (Lipinski definition) is 2. The number of hydroxylamine groups is 2. The molecule has 0 rings (SSSR count). The zero-order valence-electron chi connectivity index (χ0n) is 4.52. The summed E-state index contributed by atoms with van der Waals surface area (Å²) in [6.45, 7) is 0. The molecule has 4 heteroatoms. The molecule has 3 nitrogen and oxygen atoms in total. The Balaban J connectivity index is 2.68. The second-order valence-corrected chi connectivity index (χ2v) is 2.28. The van der Waals surface area contributed by atoms with Gasteiger partial charge in [-0.05, 0) is 0 Å². The molecular formula is C3H10NO2P. The Morgan fingerprint density at radius 3 is 2.57 bits per heavy atom. The Morgan fingerprint density at radius 2 is 2.43 bits per heavy atom. The minimum absolute atomic E-state index is 0.195. The van der Waals surface area contributed by atoms with E-state index in [1.54, 1.807) is 14.2 Å². The van der Waals surface area contributed by atoms with Gasteiger partial charge in [0, 0.05) is 7.11 Å². The van der Waals surface area contributed by atoms with Crippen LogP contribution in [-0.2, 0) is 4.52 Å². The van der Waals surface area contributed by atoms with Crippen molar-refractivity contribution < 1.29 is 9.59 Å². The first-order chi connectivity index (χ1) is 3.27. The lowest BCUT2D eigenvalue weighted by Gasteiger charge is -2.13.